The molecule has 0 atom stereocenters. The molecular formula is C13H20N6O2. The molecule has 1 saturated heterocycles. The first kappa shape index (κ1) is 13.9. The number of morpholine rings is 1. The SMILES string of the molecule is COc1ccc(NCCN2CCOCC2)n2nc(N)nc12. The van der Waals surface area contributed by atoms with Crippen molar-refractivity contribution in [3.05, 3.63) is 12.1 Å². The zero-order valence-electron chi connectivity index (χ0n) is 12.1. The summed E-state index contributed by atoms with van der Waals surface area (Å²) in [4.78, 5) is 6.55. The number of rotatable bonds is 5. The Morgan fingerprint density at radius 1 is 1.38 bits per heavy atom. The van der Waals surface area contributed by atoms with Gasteiger partial charge in [-0.05, 0) is 12.1 Å². The van der Waals surface area contributed by atoms with Gasteiger partial charge in [0.2, 0.25) is 11.6 Å². The molecule has 1 fully saturated rings. The van der Waals surface area contributed by atoms with Crippen LogP contribution in [0.25, 0.3) is 5.65 Å². The molecule has 114 valence electrons. The van der Waals surface area contributed by atoms with Gasteiger partial charge in [0.05, 0.1) is 20.3 Å². The molecule has 8 nitrogen and oxygen atoms in total. The zero-order chi connectivity index (χ0) is 14.7. The highest BCUT2D eigenvalue weighted by molar-refractivity contribution is 5.60. The third-order valence-corrected chi connectivity index (χ3v) is 3.52. The predicted molar refractivity (Wildman–Crippen MR) is 79.7 cm³/mol. The van der Waals surface area contributed by atoms with E-state index in [9.17, 15) is 0 Å². The van der Waals surface area contributed by atoms with Crippen LogP contribution in [-0.2, 0) is 4.74 Å². The van der Waals surface area contributed by atoms with Crippen molar-refractivity contribution >= 4 is 17.4 Å². The number of anilines is 2. The quantitative estimate of drug-likeness (QED) is 0.805. The van der Waals surface area contributed by atoms with Gasteiger partial charge in [-0.2, -0.15) is 9.50 Å². The normalized spacial score (nSPS) is 16.2. The molecule has 0 radical (unpaired) electrons. The number of nitrogens with zero attached hydrogens (tertiary/aromatic N) is 4. The maximum Gasteiger partial charge on any atom is 0.240 e. The van der Waals surface area contributed by atoms with E-state index in [1.165, 1.54) is 0 Å². The van der Waals surface area contributed by atoms with E-state index in [0.29, 0.717) is 11.4 Å². The fourth-order valence-corrected chi connectivity index (χ4v) is 2.42. The summed E-state index contributed by atoms with van der Waals surface area (Å²) >= 11 is 0. The largest absolute Gasteiger partial charge is 0.493 e. The molecule has 0 saturated carbocycles. The minimum Gasteiger partial charge on any atom is -0.493 e. The fraction of sp³-hybridized carbons (Fsp3) is 0.538. The van der Waals surface area contributed by atoms with E-state index >= 15 is 0 Å². The van der Waals surface area contributed by atoms with E-state index < -0.39 is 0 Å². The lowest BCUT2D eigenvalue weighted by Crippen LogP contribution is -2.39. The summed E-state index contributed by atoms with van der Waals surface area (Å²) in [5, 5.41) is 7.56. The van der Waals surface area contributed by atoms with Gasteiger partial charge in [0.1, 0.15) is 5.82 Å². The van der Waals surface area contributed by atoms with Crippen molar-refractivity contribution in [2.75, 3.05) is 57.6 Å². The molecule has 2 aromatic rings. The zero-order valence-corrected chi connectivity index (χ0v) is 12.1. The van der Waals surface area contributed by atoms with Gasteiger partial charge in [0.25, 0.3) is 0 Å². The lowest BCUT2D eigenvalue weighted by molar-refractivity contribution is 0.0398. The number of aromatic nitrogens is 3. The minimum atomic E-state index is 0.232. The van der Waals surface area contributed by atoms with Crippen molar-refractivity contribution in [3.63, 3.8) is 0 Å². The third kappa shape index (κ3) is 3.01. The van der Waals surface area contributed by atoms with Crippen molar-refractivity contribution in [2.24, 2.45) is 0 Å². The molecule has 0 bridgehead atoms. The molecule has 0 aliphatic carbocycles. The van der Waals surface area contributed by atoms with Crippen molar-refractivity contribution in [1.82, 2.24) is 19.5 Å². The van der Waals surface area contributed by atoms with Crippen LogP contribution < -0.4 is 15.8 Å². The minimum absolute atomic E-state index is 0.232. The molecule has 0 spiro atoms. The van der Waals surface area contributed by atoms with Gasteiger partial charge in [-0.1, -0.05) is 0 Å². The first-order valence-corrected chi connectivity index (χ1v) is 7.01. The van der Waals surface area contributed by atoms with Crippen LogP contribution in [0.4, 0.5) is 11.8 Å². The van der Waals surface area contributed by atoms with Gasteiger partial charge in [0.15, 0.2) is 5.75 Å². The summed E-state index contributed by atoms with van der Waals surface area (Å²) in [6, 6.07) is 3.78. The number of hydrogen-bond acceptors (Lipinski definition) is 7. The van der Waals surface area contributed by atoms with Crippen molar-refractivity contribution < 1.29 is 9.47 Å². The maximum absolute atomic E-state index is 5.68. The van der Waals surface area contributed by atoms with Crippen LogP contribution in [0, 0.1) is 0 Å². The van der Waals surface area contributed by atoms with Gasteiger partial charge in [0, 0.05) is 26.2 Å². The van der Waals surface area contributed by atoms with Crippen LogP contribution in [0.5, 0.6) is 5.75 Å². The van der Waals surface area contributed by atoms with Crippen LogP contribution >= 0.6 is 0 Å². The van der Waals surface area contributed by atoms with E-state index in [1.807, 2.05) is 12.1 Å². The van der Waals surface area contributed by atoms with Crippen molar-refractivity contribution in [3.8, 4) is 5.75 Å². The molecule has 2 aromatic heterocycles. The van der Waals surface area contributed by atoms with E-state index in [2.05, 4.69) is 20.3 Å². The Morgan fingerprint density at radius 2 is 2.19 bits per heavy atom. The summed E-state index contributed by atoms with van der Waals surface area (Å²) in [6.45, 7) is 5.37. The molecular weight excluding hydrogens is 272 g/mol. The van der Waals surface area contributed by atoms with Crippen LogP contribution in [0.2, 0.25) is 0 Å². The molecule has 3 N–H and O–H groups in total. The molecule has 8 heteroatoms. The predicted octanol–water partition coefficient (Wildman–Crippen LogP) is 0.0642. The number of methoxy groups -OCH3 is 1. The molecule has 0 unspecified atom stereocenters. The Morgan fingerprint density at radius 3 is 2.95 bits per heavy atom. The molecule has 3 heterocycles. The number of fused-ring (bicyclic) bond motifs is 1. The highest BCUT2D eigenvalue weighted by Gasteiger charge is 2.12. The summed E-state index contributed by atoms with van der Waals surface area (Å²) in [6.07, 6.45) is 0. The molecule has 3 rings (SSSR count). The molecule has 1 aliphatic rings. The molecule has 0 aromatic carbocycles. The van der Waals surface area contributed by atoms with Gasteiger partial charge in [-0.15, -0.1) is 5.10 Å². The van der Waals surface area contributed by atoms with Crippen molar-refractivity contribution in [1.29, 1.82) is 0 Å². The first-order valence-electron chi connectivity index (χ1n) is 7.01. The average molecular weight is 292 g/mol. The second-order valence-corrected chi connectivity index (χ2v) is 4.87. The summed E-state index contributed by atoms with van der Waals surface area (Å²) < 4.78 is 12.3. The standard InChI is InChI=1S/C13H20N6O2/c1-20-10-2-3-11(19-12(10)16-13(14)17-19)15-4-5-18-6-8-21-9-7-18/h2-3,15H,4-9H2,1H3,(H2,14,17). The lowest BCUT2D eigenvalue weighted by Gasteiger charge is -2.26. The van der Waals surface area contributed by atoms with E-state index in [-0.39, 0.29) is 5.95 Å². The van der Waals surface area contributed by atoms with Gasteiger partial charge in [-0.3, -0.25) is 4.90 Å². The van der Waals surface area contributed by atoms with Crippen LogP contribution in [0.1, 0.15) is 0 Å². The molecule has 0 amide bonds. The lowest BCUT2D eigenvalue weighted by atomic mass is 10.4. The van der Waals surface area contributed by atoms with Gasteiger partial charge >= 0.3 is 0 Å². The number of nitrogens with one attached hydrogen (secondary N) is 1. The van der Waals surface area contributed by atoms with E-state index in [0.717, 1.165) is 45.2 Å². The van der Waals surface area contributed by atoms with Crippen molar-refractivity contribution in [2.45, 2.75) is 0 Å². The number of nitrogens with two attached hydrogens (primary N) is 1. The van der Waals surface area contributed by atoms with Crippen LogP contribution in [0.15, 0.2) is 12.1 Å². The highest BCUT2D eigenvalue weighted by atomic mass is 16.5. The fourth-order valence-electron chi connectivity index (χ4n) is 2.42. The first-order chi connectivity index (χ1) is 10.3. The van der Waals surface area contributed by atoms with Crippen LogP contribution in [0.3, 0.4) is 0 Å². The van der Waals surface area contributed by atoms with Gasteiger partial charge in [-0.25, -0.2) is 0 Å². The number of ether oxygens (including phenoxy) is 2. The van der Waals surface area contributed by atoms with E-state index in [4.69, 9.17) is 15.2 Å². The Kier molecular flexibility index (Phi) is 4.07. The third-order valence-electron chi connectivity index (χ3n) is 3.52. The Bertz CT molecular complexity index is 608. The number of hydrogen-bond donors (Lipinski definition) is 2. The maximum atomic E-state index is 5.68. The number of nitrogen functional groups attached to an aromatic ring is 1. The molecule has 1 aliphatic heterocycles. The highest BCUT2D eigenvalue weighted by Crippen LogP contribution is 2.22. The summed E-state index contributed by atoms with van der Waals surface area (Å²) in [7, 11) is 1.60. The summed E-state index contributed by atoms with van der Waals surface area (Å²) in [5.41, 5.74) is 6.30. The van der Waals surface area contributed by atoms with Crippen LogP contribution in [-0.4, -0.2) is 66.0 Å². The Balaban J connectivity index is 1.69. The Hall–Kier alpha value is -2.06. The van der Waals surface area contributed by atoms with Gasteiger partial charge < -0.3 is 20.5 Å². The second kappa shape index (κ2) is 6.15. The monoisotopic (exact) mass is 292 g/mol. The number of pyridine rings is 1. The smallest absolute Gasteiger partial charge is 0.240 e. The summed E-state index contributed by atoms with van der Waals surface area (Å²) in [5.74, 6) is 1.73. The second-order valence-electron chi connectivity index (χ2n) is 4.87. The topological polar surface area (TPSA) is 89.9 Å². The Labute approximate surface area is 122 Å². The van der Waals surface area contributed by atoms with E-state index in [1.54, 1.807) is 11.6 Å². The average Bonchev–Trinajstić information content (AvgIpc) is 2.90. The molecule has 21 heavy (non-hydrogen) atoms.